The van der Waals surface area contributed by atoms with Gasteiger partial charge in [-0.3, -0.25) is 9.59 Å². The highest BCUT2D eigenvalue weighted by Gasteiger charge is 2.40. The SMILES string of the molecule is NC(=O)[C@@H]1CCO[C@@H]1CC1CCN(C(=O)C2CCC(F)(F)CC2)CC1. The van der Waals surface area contributed by atoms with Crippen LogP contribution in [0.25, 0.3) is 0 Å². The van der Waals surface area contributed by atoms with Crippen molar-refractivity contribution in [1.82, 2.24) is 4.90 Å². The van der Waals surface area contributed by atoms with Gasteiger partial charge in [-0.15, -0.1) is 0 Å². The van der Waals surface area contributed by atoms with Gasteiger partial charge in [0, 0.05) is 38.5 Å². The lowest BCUT2D eigenvalue weighted by atomic mass is 9.84. The number of halogens is 2. The average molecular weight is 358 g/mol. The number of rotatable bonds is 4. The van der Waals surface area contributed by atoms with Crippen molar-refractivity contribution >= 4 is 11.8 Å². The van der Waals surface area contributed by atoms with E-state index in [2.05, 4.69) is 0 Å². The van der Waals surface area contributed by atoms with E-state index in [1.165, 1.54) is 0 Å². The number of hydrogen-bond acceptors (Lipinski definition) is 3. The molecular weight excluding hydrogens is 330 g/mol. The molecule has 2 N–H and O–H groups in total. The summed E-state index contributed by atoms with van der Waals surface area (Å²) in [6, 6.07) is 0. The molecule has 2 amide bonds. The Morgan fingerprint density at radius 1 is 1.08 bits per heavy atom. The van der Waals surface area contributed by atoms with Gasteiger partial charge in [-0.25, -0.2) is 8.78 Å². The van der Waals surface area contributed by atoms with Gasteiger partial charge in [-0.2, -0.15) is 0 Å². The van der Waals surface area contributed by atoms with Crippen LogP contribution in [0.1, 0.15) is 51.4 Å². The summed E-state index contributed by atoms with van der Waals surface area (Å²) in [6.45, 7) is 1.93. The lowest BCUT2D eigenvalue weighted by Crippen LogP contribution is -2.44. The molecule has 0 spiro atoms. The molecule has 0 unspecified atom stereocenters. The van der Waals surface area contributed by atoms with Gasteiger partial charge in [0.15, 0.2) is 0 Å². The van der Waals surface area contributed by atoms with Gasteiger partial charge in [-0.05, 0) is 44.4 Å². The maximum atomic E-state index is 13.2. The topological polar surface area (TPSA) is 72.6 Å². The number of amides is 2. The van der Waals surface area contributed by atoms with Crippen LogP contribution in [0.3, 0.4) is 0 Å². The molecule has 2 saturated heterocycles. The summed E-state index contributed by atoms with van der Waals surface area (Å²) in [5, 5.41) is 0. The van der Waals surface area contributed by atoms with Gasteiger partial charge in [0.2, 0.25) is 17.7 Å². The van der Waals surface area contributed by atoms with E-state index in [0.717, 1.165) is 19.3 Å². The van der Waals surface area contributed by atoms with Crippen molar-refractivity contribution in [1.29, 1.82) is 0 Å². The molecule has 0 aromatic heterocycles. The third-order valence-electron chi connectivity index (χ3n) is 6.13. The second-order valence-corrected chi connectivity index (χ2v) is 7.84. The molecule has 3 fully saturated rings. The zero-order valence-corrected chi connectivity index (χ0v) is 14.6. The molecule has 2 heterocycles. The Bertz CT molecular complexity index is 497. The molecule has 2 aliphatic heterocycles. The first kappa shape index (κ1) is 18.5. The maximum absolute atomic E-state index is 13.2. The van der Waals surface area contributed by atoms with Crippen LogP contribution < -0.4 is 5.73 Å². The van der Waals surface area contributed by atoms with Crippen molar-refractivity contribution in [2.45, 2.75) is 63.4 Å². The van der Waals surface area contributed by atoms with Crippen molar-refractivity contribution in [3.8, 4) is 0 Å². The third-order valence-corrected chi connectivity index (χ3v) is 6.13. The summed E-state index contributed by atoms with van der Waals surface area (Å²) in [6.07, 6.45) is 3.41. The highest BCUT2D eigenvalue weighted by atomic mass is 19.3. The summed E-state index contributed by atoms with van der Waals surface area (Å²) in [5.41, 5.74) is 5.43. The number of carbonyl (C=O) groups is 2. The summed E-state index contributed by atoms with van der Waals surface area (Å²) in [4.78, 5) is 25.8. The molecule has 3 aliphatic rings. The number of likely N-dealkylation sites (tertiary alicyclic amines) is 1. The highest BCUT2D eigenvalue weighted by Crippen LogP contribution is 2.37. The van der Waals surface area contributed by atoms with Gasteiger partial charge < -0.3 is 15.4 Å². The number of nitrogens with two attached hydrogens (primary N) is 1. The highest BCUT2D eigenvalue weighted by molar-refractivity contribution is 5.79. The lowest BCUT2D eigenvalue weighted by molar-refractivity contribution is -0.141. The zero-order chi connectivity index (χ0) is 18.0. The van der Waals surface area contributed by atoms with E-state index >= 15 is 0 Å². The minimum absolute atomic E-state index is 0.0427. The predicted molar refractivity (Wildman–Crippen MR) is 87.9 cm³/mol. The Kier molecular flexibility index (Phi) is 5.61. The molecular formula is C18H28F2N2O3. The fraction of sp³-hybridized carbons (Fsp3) is 0.889. The quantitative estimate of drug-likeness (QED) is 0.838. The number of nitrogens with zero attached hydrogens (tertiary/aromatic N) is 1. The summed E-state index contributed by atoms with van der Waals surface area (Å²) in [7, 11) is 0. The van der Waals surface area contributed by atoms with Gasteiger partial charge >= 0.3 is 0 Å². The van der Waals surface area contributed by atoms with Crippen LogP contribution in [0.4, 0.5) is 8.78 Å². The van der Waals surface area contributed by atoms with E-state index in [-0.39, 0.29) is 42.6 Å². The molecule has 0 aromatic carbocycles. The summed E-state index contributed by atoms with van der Waals surface area (Å²) < 4.78 is 32.2. The number of ether oxygens (including phenoxy) is 1. The Hall–Kier alpha value is -1.24. The fourth-order valence-corrected chi connectivity index (χ4v) is 4.47. The van der Waals surface area contributed by atoms with Crippen molar-refractivity contribution < 1.29 is 23.1 Å². The number of carbonyl (C=O) groups excluding carboxylic acids is 2. The number of primary amides is 1. The number of hydrogen-bond donors (Lipinski definition) is 1. The normalized spacial score (nSPS) is 31.2. The molecule has 1 aliphatic carbocycles. The Morgan fingerprint density at radius 3 is 2.32 bits per heavy atom. The van der Waals surface area contributed by atoms with Gasteiger partial charge in [0.25, 0.3) is 0 Å². The van der Waals surface area contributed by atoms with E-state index < -0.39 is 5.92 Å². The molecule has 0 radical (unpaired) electrons. The van der Waals surface area contributed by atoms with E-state index in [9.17, 15) is 18.4 Å². The maximum Gasteiger partial charge on any atom is 0.248 e. The molecule has 5 nitrogen and oxygen atoms in total. The molecule has 7 heteroatoms. The summed E-state index contributed by atoms with van der Waals surface area (Å²) in [5.74, 6) is -2.85. The molecule has 25 heavy (non-hydrogen) atoms. The van der Waals surface area contributed by atoms with Gasteiger partial charge in [0.05, 0.1) is 12.0 Å². The third kappa shape index (κ3) is 4.49. The monoisotopic (exact) mass is 358 g/mol. The minimum Gasteiger partial charge on any atom is -0.377 e. The molecule has 2 atom stereocenters. The van der Waals surface area contributed by atoms with Crippen LogP contribution in [0.5, 0.6) is 0 Å². The number of piperidine rings is 1. The molecule has 0 aromatic rings. The largest absolute Gasteiger partial charge is 0.377 e. The van der Waals surface area contributed by atoms with Crippen molar-refractivity contribution in [3.05, 3.63) is 0 Å². The molecule has 142 valence electrons. The molecule has 1 saturated carbocycles. The van der Waals surface area contributed by atoms with Crippen LogP contribution in [0.15, 0.2) is 0 Å². The first-order chi connectivity index (χ1) is 11.9. The first-order valence-electron chi connectivity index (χ1n) is 9.43. The summed E-state index contributed by atoms with van der Waals surface area (Å²) >= 11 is 0. The standard InChI is InChI=1S/C18H28F2N2O3/c19-18(20)6-1-13(2-7-18)17(24)22-8-3-12(4-9-22)11-15-14(16(21)23)5-10-25-15/h12-15H,1-11H2,(H2,21,23)/t14-,15-/m1/s1. The molecule has 3 rings (SSSR count). The van der Waals surface area contributed by atoms with Crippen LogP contribution in [0, 0.1) is 17.8 Å². The van der Waals surface area contributed by atoms with Crippen molar-refractivity contribution in [3.63, 3.8) is 0 Å². The van der Waals surface area contributed by atoms with E-state index in [0.29, 0.717) is 44.9 Å². The smallest absolute Gasteiger partial charge is 0.248 e. The second kappa shape index (κ2) is 7.56. The van der Waals surface area contributed by atoms with Gasteiger partial charge in [0.1, 0.15) is 0 Å². The second-order valence-electron chi connectivity index (χ2n) is 7.84. The molecule has 0 bridgehead atoms. The predicted octanol–water partition coefficient (Wildman–Crippen LogP) is 2.33. The first-order valence-corrected chi connectivity index (χ1v) is 9.43. The average Bonchev–Trinajstić information content (AvgIpc) is 3.03. The van der Waals surface area contributed by atoms with E-state index in [1.807, 2.05) is 4.90 Å². The Morgan fingerprint density at radius 2 is 1.72 bits per heavy atom. The van der Waals surface area contributed by atoms with Crippen molar-refractivity contribution in [2.75, 3.05) is 19.7 Å². The van der Waals surface area contributed by atoms with Gasteiger partial charge in [-0.1, -0.05) is 0 Å². The Balaban J connectivity index is 1.44. The minimum atomic E-state index is -2.60. The van der Waals surface area contributed by atoms with Crippen LogP contribution in [-0.2, 0) is 14.3 Å². The van der Waals surface area contributed by atoms with Crippen LogP contribution in [0.2, 0.25) is 0 Å². The lowest BCUT2D eigenvalue weighted by Gasteiger charge is -2.37. The zero-order valence-electron chi connectivity index (χ0n) is 14.6. The van der Waals surface area contributed by atoms with Crippen molar-refractivity contribution in [2.24, 2.45) is 23.5 Å². The Labute approximate surface area is 147 Å². The fourth-order valence-electron chi connectivity index (χ4n) is 4.47. The van der Waals surface area contributed by atoms with E-state index in [1.54, 1.807) is 0 Å². The van der Waals surface area contributed by atoms with Crippen LogP contribution >= 0.6 is 0 Å². The van der Waals surface area contributed by atoms with E-state index in [4.69, 9.17) is 10.5 Å². The number of alkyl halides is 2. The van der Waals surface area contributed by atoms with Crippen LogP contribution in [-0.4, -0.2) is 48.4 Å².